The number of carbonyl (C=O) groups excluding carboxylic acids is 1. The highest BCUT2D eigenvalue weighted by atomic mass is 16.2. The maximum absolute atomic E-state index is 11.9. The number of benzene rings is 1. The summed E-state index contributed by atoms with van der Waals surface area (Å²) in [4.78, 5) is 11.9. The molecule has 16 heavy (non-hydrogen) atoms. The number of hydrazone groups is 1. The lowest BCUT2D eigenvalue weighted by atomic mass is 10.2. The molecule has 1 heterocycles. The molecule has 0 saturated heterocycles. The molecule has 0 N–H and O–H groups in total. The molecule has 1 fully saturated rings. The van der Waals surface area contributed by atoms with E-state index in [0.717, 1.165) is 17.0 Å². The molecule has 0 unspecified atom stereocenters. The molecule has 1 aliphatic heterocycles. The van der Waals surface area contributed by atoms with Crippen LogP contribution in [0.3, 0.4) is 0 Å². The van der Waals surface area contributed by atoms with E-state index in [4.69, 9.17) is 0 Å². The third-order valence-corrected chi connectivity index (χ3v) is 3.19. The summed E-state index contributed by atoms with van der Waals surface area (Å²) in [5.74, 6) is 0.689. The number of aryl methyl sites for hydroxylation is 1. The van der Waals surface area contributed by atoms with Crippen LogP contribution in [0.2, 0.25) is 0 Å². The van der Waals surface area contributed by atoms with Gasteiger partial charge in [0, 0.05) is 0 Å². The van der Waals surface area contributed by atoms with Crippen molar-refractivity contribution in [1.82, 2.24) is 0 Å². The Morgan fingerprint density at radius 3 is 2.75 bits per heavy atom. The van der Waals surface area contributed by atoms with E-state index in [1.807, 2.05) is 31.2 Å². The van der Waals surface area contributed by atoms with Gasteiger partial charge in [-0.2, -0.15) is 5.10 Å². The van der Waals surface area contributed by atoms with E-state index in [1.165, 1.54) is 12.8 Å². The number of nitrogens with zero attached hydrogens (tertiary/aromatic N) is 2. The molecule has 0 aromatic heterocycles. The first kappa shape index (κ1) is 9.58. The van der Waals surface area contributed by atoms with Gasteiger partial charge in [0.15, 0.2) is 0 Å². The van der Waals surface area contributed by atoms with Gasteiger partial charge in [0.25, 0.3) is 5.91 Å². The lowest BCUT2D eigenvalue weighted by Gasteiger charge is -2.13. The van der Waals surface area contributed by atoms with E-state index in [9.17, 15) is 4.79 Å². The predicted molar refractivity (Wildman–Crippen MR) is 63.4 cm³/mol. The van der Waals surface area contributed by atoms with Crippen LogP contribution in [-0.2, 0) is 4.79 Å². The molecule has 1 aromatic rings. The van der Waals surface area contributed by atoms with Gasteiger partial charge < -0.3 is 0 Å². The highest BCUT2D eigenvalue weighted by molar-refractivity contribution is 6.14. The largest absolute Gasteiger partial charge is 0.272 e. The fourth-order valence-corrected chi connectivity index (χ4v) is 2.08. The van der Waals surface area contributed by atoms with Crippen molar-refractivity contribution in [3.8, 4) is 0 Å². The highest BCUT2D eigenvalue weighted by Crippen LogP contribution is 2.35. The van der Waals surface area contributed by atoms with Crippen LogP contribution in [0.1, 0.15) is 24.8 Å². The smallest absolute Gasteiger partial charge is 0.253 e. The summed E-state index contributed by atoms with van der Waals surface area (Å²) >= 11 is 0. The number of carbonyl (C=O) groups is 1. The van der Waals surface area contributed by atoms with Crippen LogP contribution < -0.4 is 5.01 Å². The standard InChI is InChI=1S/C13H14N2O/c1-9-4-2-3-5-12(9)15-13(16)8-11(14-15)10-6-7-10/h2-5,10H,6-8H2,1H3. The van der Waals surface area contributed by atoms with Crippen LogP contribution in [0.25, 0.3) is 0 Å². The molecular weight excluding hydrogens is 200 g/mol. The Kier molecular flexibility index (Phi) is 2.06. The molecule has 0 radical (unpaired) electrons. The van der Waals surface area contributed by atoms with Crippen molar-refractivity contribution in [2.24, 2.45) is 11.0 Å². The molecule has 1 saturated carbocycles. The minimum atomic E-state index is 0.108. The fraction of sp³-hybridized carbons (Fsp3) is 0.385. The number of hydrogen-bond acceptors (Lipinski definition) is 2. The van der Waals surface area contributed by atoms with Crippen LogP contribution in [0, 0.1) is 12.8 Å². The minimum Gasteiger partial charge on any atom is -0.272 e. The lowest BCUT2D eigenvalue weighted by molar-refractivity contribution is -0.116. The van der Waals surface area contributed by atoms with E-state index in [-0.39, 0.29) is 5.91 Å². The normalized spacial score (nSPS) is 20.2. The molecule has 3 heteroatoms. The summed E-state index contributed by atoms with van der Waals surface area (Å²) in [5.41, 5.74) is 3.09. The predicted octanol–water partition coefficient (Wildman–Crippen LogP) is 2.50. The monoisotopic (exact) mass is 214 g/mol. The van der Waals surface area contributed by atoms with Crippen molar-refractivity contribution < 1.29 is 4.79 Å². The highest BCUT2D eigenvalue weighted by Gasteiger charge is 2.35. The average molecular weight is 214 g/mol. The van der Waals surface area contributed by atoms with E-state index < -0.39 is 0 Å². The second kappa shape index (κ2) is 3.44. The van der Waals surface area contributed by atoms with Crippen LogP contribution in [0.15, 0.2) is 29.4 Å². The van der Waals surface area contributed by atoms with E-state index in [1.54, 1.807) is 5.01 Å². The maximum Gasteiger partial charge on any atom is 0.253 e. The Morgan fingerprint density at radius 1 is 1.31 bits per heavy atom. The molecular formula is C13H14N2O. The molecule has 1 amide bonds. The Bertz CT molecular complexity index is 475. The number of hydrogen-bond donors (Lipinski definition) is 0. The molecule has 3 nitrogen and oxygen atoms in total. The van der Waals surface area contributed by atoms with E-state index in [0.29, 0.717) is 12.3 Å². The second-order valence-electron chi connectivity index (χ2n) is 4.53. The van der Waals surface area contributed by atoms with Crippen molar-refractivity contribution in [1.29, 1.82) is 0 Å². The second-order valence-corrected chi connectivity index (χ2v) is 4.53. The number of amides is 1. The van der Waals surface area contributed by atoms with Gasteiger partial charge in [0.05, 0.1) is 17.8 Å². The van der Waals surface area contributed by atoms with Gasteiger partial charge in [0.1, 0.15) is 0 Å². The van der Waals surface area contributed by atoms with Crippen LogP contribution >= 0.6 is 0 Å². The Hall–Kier alpha value is -1.64. The number of para-hydroxylation sites is 1. The zero-order valence-electron chi connectivity index (χ0n) is 9.31. The van der Waals surface area contributed by atoms with E-state index in [2.05, 4.69) is 5.10 Å². The first-order chi connectivity index (χ1) is 7.75. The van der Waals surface area contributed by atoms with Crippen molar-refractivity contribution >= 4 is 17.3 Å². The molecule has 0 spiro atoms. The van der Waals surface area contributed by atoms with Gasteiger partial charge in [-0.25, -0.2) is 5.01 Å². The van der Waals surface area contributed by atoms with E-state index >= 15 is 0 Å². The summed E-state index contributed by atoms with van der Waals surface area (Å²) in [7, 11) is 0. The van der Waals surface area contributed by atoms with Crippen molar-refractivity contribution in [3.63, 3.8) is 0 Å². The zero-order valence-corrected chi connectivity index (χ0v) is 9.31. The third-order valence-electron chi connectivity index (χ3n) is 3.19. The van der Waals surface area contributed by atoms with Gasteiger partial charge in [-0.1, -0.05) is 18.2 Å². The first-order valence-corrected chi connectivity index (χ1v) is 5.71. The van der Waals surface area contributed by atoms with Crippen molar-refractivity contribution in [2.75, 3.05) is 5.01 Å². The lowest BCUT2D eigenvalue weighted by Crippen LogP contribution is -2.20. The molecule has 1 aromatic carbocycles. The number of rotatable bonds is 2. The summed E-state index contributed by atoms with van der Waals surface area (Å²) in [6, 6.07) is 7.88. The van der Waals surface area contributed by atoms with Crippen molar-refractivity contribution in [3.05, 3.63) is 29.8 Å². The minimum absolute atomic E-state index is 0.108. The average Bonchev–Trinajstić information content (AvgIpc) is 3.04. The summed E-state index contributed by atoms with van der Waals surface area (Å²) < 4.78 is 0. The molecule has 0 bridgehead atoms. The summed E-state index contributed by atoms with van der Waals surface area (Å²) in [6.45, 7) is 2.01. The van der Waals surface area contributed by atoms with Gasteiger partial charge >= 0.3 is 0 Å². The van der Waals surface area contributed by atoms with Gasteiger partial charge in [-0.05, 0) is 37.3 Å². The number of anilines is 1. The third kappa shape index (κ3) is 1.52. The van der Waals surface area contributed by atoms with Crippen LogP contribution in [-0.4, -0.2) is 11.6 Å². The topological polar surface area (TPSA) is 32.7 Å². The molecule has 3 rings (SSSR count). The molecule has 0 atom stereocenters. The zero-order chi connectivity index (χ0) is 11.1. The van der Waals surface area contributed by atoms with Crippen LogP contribution in [0.4, 0.5) is 5.69 Å². The summed E-state index contributed by atoms with van der Waals surface area (Å²) in [5, 5.41) is 6.04. The van der Waals surface area contributed by atoms with Crippen molar-refractivity contribution in [2.45, 2.75) is 26.2 Å². The fourth-order valence-electron chi connectivity index (χ4n) is 2.08. The maximum atomic E-state index is 11.9. The molecule has 1 aliphatic carbocycles. The SMILES string of the molecule is Cc1ccccc1N1N=C(C2CC2)CC1=O. The Balaban J connectivity index is 1.95. The quantitative estimate of drug-likeness (QED) is 0.744. The molecule has 82 valence electrons. The first-order valence-electron chi connectivity index (χ1n) is 5.71. The van der Waals surface area contributed by atoms with Gasteiger partial charge in [0.2, 0.25) is 0 Å². The Morgan fingerprint density at radius 2 is 2.06 bits per heavy atom. The summed E-state index contributed by atoms with van der Waals surface area (Å²) in [6.07, 6.45) is 2.92. The Labute approximate surface area is 94.8 Å². The molecule has 2 aliphatic rings. The van der Waals surface area contributed by atoms with Crippen LogP contribution in [0.5, 0.6) is 0 Å². The van der Waals surface area contributed by atoms with Gasteiger partial charge in [-0.15, -0.1) is 0 Å². The van der Waals surface area contributed by atoms with Gasteiger partial charge in [-0.3, -0.25) is 4.79 Å².